The molecule has 2 heterocycles. The topological polar surface area (TPSA) is 94.0 Å². The summed E-state index contributed by atoms with van der Waals surface area (Å²) in [5.41, 5.74) is 3.04. The molecule has 0 radical (unpaired) electrons. The molecule has 158 valence electrons. The highest BCUT2D eigenvalue weighted by Crippen LogP contribution is 2.27. The Labute approximate surface area is 172 Å². The normalized spacial score (nSPS) is 14.8. The number of carbonyl (C=O) groups excluding carboxylic acids is 1. The average molecular weight is 401 g/mol. The largest absolute Gasteiger partial charge is 0.489 e. The molecule has 3 rings (SSSR count). The van der Waals surface area contributed by atoms with Gasteiger partial charge < -0.3 is 15.4 Å². The highest BCUT2D eigenvalue weighted by atomic mass is 16.5. The summed E-state index contributed by atoms with van der Waals surface area (Å²) < 4.78 is 7.84. The minimum absolute atomic E-state index is 0.203. The van der Waals surface area contributed by atoms with Gasteiger partial charge in [-0.1, -0.05) is 25.5 Å². The van der Waals surface area contributed by atoms with E-state index in [1.54, 1.807) is 4.68 Å². The Morgan fingerprint density at radius 1 is 1.24 bits per heavy atom. The molecule has 29 heavy (non-hydrogen) atoms. The van der Waals surface area contributed by atoms with Gasteiger partial charge in [0, 0.05) is 13.6 Å². The van der Waals surface area contributed by atoms with Crippen molar-refractivity contribution in [3.63, 3.8) is 0 Å². The van der Waals surface area contributed by atoms with Gasteiger partial charge in [0.25, 0.3) is 0 Å². The standard InChI is InChI=1S/C21H32N6O2/c1-14(2)12-22-21(28)23-13-18-20(25-26-27(18)4)17-10-11-19(15(3)24-17)29-16-8-6-5-7-9-16/h10-11,14,16H,5-9,12-13H2,1-4H3,(H2,22,23,28). The summed E-state index contributed by atoms with van der Waals surface area (Å²) in [6.07, 6.45) is 6.27. The second-order valence-corrected chi connectivity index (χ2v) is 8.12. The van der Waals surface area contributed by atoms with Crippen LogP contribution in [0.1, 0.15) is 57.3 Å². The lowest BCUT2D eigenvalue weighted by molar-refractivity contribution is 0.153. The van der Waals surface area contributed by atoms with Crippen molar-refractivity contribution in [2.75, 3.05) is 6.54 Å². The van der Waals surface area contributed by atoms with Crippen LogP contribution in [-0.2, 0) is 13.6 Å². The lowest BCUT2D eigenvalue weighted by atomic mass is 9.98. The molecule has 0 unspecified atom stereocenters. The third-order valence-corrected chi connectivity index (χ3v) is 5.16. The fourth-order valence-corrected chi connectivity index (χ4v) is 3.46. The van der Waals surface area contributed by atoms with Gasteiger partial charge in [0.05, 0.1) is 29.7 Å². The molecule has 0 aromatic carbocycles. The Morgan fingerprint density at radius 2 is 2.00 bits per heavy atom. The Hall–Kier alpha value is -2.64. The molecule has 0 atom stereocenters. The maximum Gasteiger partial charge on any atom is 0.315 e. The molecule has 8 heteroatoms. The number of hydrogen-bond acceptors (Lipinski definition) is 5. The van der Waals surface area contributed by atoms with Crippen molar-refractivity contribution in [3.05, 3.63) is 23.5 Å². The van der Waals surface area contributed by atoms with Gasteiger partial charge in [-0.2, -0.15) is 0 Å². The van der Waals surface area contributed by atoms with Gasteiger partial charge in [-0.25, -0.2) is 14.5 Å². The summed E-state index contributed by atoms with van der Waals surface area (Å²) in [6, 6.07) is 3.68. The van der Waals surface area contributed by atoms with E-state index in [9.17, 15) is 4.79 Å². The number of carbonyl (C=O) groups is 1. The average Bonchev–Trinajstić information content (AvgIpc) is 3.07. The van der Waals surface area contributed by atoms with E-state index >= 15 is 0 Å². The van der Waals surface area contributed by atoms with E-state index in [4.69, 9.17) is 9.72 Å². The Bertz CT molecular complexity index is 827. The second-order valence-electron chi connectivity index (χ2n) is 8.12. The molecule has 0 aliphatic heterocycles. The first-order valence-corrected chi connectivity index (χ1v) is 10.5. The molecular formula is C21H32N6O2. The molecule has 2 N–H and O–H groups in total. The molecule has 1 aliphatic carbocycles. The lowest BCUT2D eigenvalue weighted by Gasteiger charge is -2.23. The summed E-state index contributed by atoms with van der Waals surface area (Å²) in [7, 11) is 1.81. The van der Waals surface area contributed by atoms with Crippen molar-refractivity contribution >= 4 is 6.03 Å². The highest BCUT2D eigenvalue weighted by Gasteiger charge is 2.19. The van der Waals surface area contributed by atoms with E-state index in [-0.39, 0.29) is 12.1 Å². The van der Waals surface area contributed by atoms with Gasteiger partial charge in [0.15, 0.2) is 0 Å². The Kier molecular flexibility index (Phi) is 7.06. The van der Waals surface area contributed by atoms with Gasteiger partial charge in [-0.3, -0.25) is 0 Å². The summed E-state index contributed by atoms with van der Waals surface area (Å²) in [6.45, 7) is 7.02. The van der Waals surface area contributed by atoms with Crippen molar-refractivity contribution in [2.24, 2.45) is 13.0 Å². The number of pyridine rings is 1. The van der Waals surface area contributed by atoms with E-state index < -0.39 is 0 Å². The van der Waals surface area contributed by atoms with E-state index in [0.717, 1.165) is 35.7 Å². The van der Waals surface area contributed by atoms with E-state index in [1.807, 2.05) is 26.1 Å². The fourth-order valence-electron chi connectivity index (χ4n) is 3.46. The number of amides is 2. The predicted molar refractivity (Wildman–Crippen MR) is 112 cm³/mol. The summed E-state index contributed by atoms with van der Waals surface area (Å²) in [5.74, 6) is 1.23. The molecule has 0 saturated heterocycles. The highest BCUT2D eigenvalue weighted by molar-refractivity contribution is 5.74. The third kappa shape index (κ3) is 5.68. The zero-order chi connectivity index (χ0) is 20.8. The number of urea groups is 1. The number of ether oxygens (including phenoxy) is 1. The predicted octanol–water partition coefficient (Wildman–Crippen LogP) is 3.35. The second kappa shape index (κ2) is 9.71. The smallest absolute Gasteiger partial charge is 0.315 e. The van der Waals surface area contributed by atoms with E-state index in [0.29, 0.717) is 24.7 Å². The van der Waals surface area contributed by atoms with Crippen LogP contribution in [0, 0.1) is 12.8 Å². The molecule has 2 aromatic rings. The Balaban J connectivity index is 1.68. The Morgan fingerprint density at radius 3 is 2.69 bits per heavy atom. The van der Waals surface area contributed by atoms with Gasteiger partial charge in [0.1, 0.15) is 11.4 Å². The van der Waals surface area contributed by atoms with Crippen molar-refractivity contribution in [3.8, 4) is 17.1 Å². The van der Waals surface area contributed by atoms with Crippen LogP contribution in [0.5, 0.6) is 5.75 Å². The van der Waals surface area contributed by atoms with Crippen molar-refractivity contribution < 1.29 is 9.53 Å². The van der Waals surface area contributed by atoms with E-state index in [2.05, 4.69) is 34.8 Å². The zero-order valence-corrected chi connectivity index (χ0v) is 17.9. The van der Waals surface area contributed by atoms with Gasteiger partial charge in [-0.05, 0) is 50.7 Å². The maximum absolute atomic E-state index is 12.0. The van der Waals surface area contributed by atoms with Gasteiger partial charge in [-0.15, -0.1) is 5.10 Å². The quantitative estimate of drug-likeness (QED) is 0.743. The van der Waals surface area contributed by atoms with Crippen molar-refractivity contribution in [1.82, 2.24) is 30.6 Å². The number of nitrogens with one attached hydrogen (secondary N) is 2. The zero-order valence-electron chi connectivity index (χ0n) is 17.9. The van der Waals surface area contributed by atoms with Gasteiger partial charge >= 0.3 is 6.03 Å². The molecule has 1 saturated carbocycles. The van der Waals surface area contributed by atoms with Crippen LogP contribution in [0.2, 0.25) is 0 Å². The van der Waals surface area contributed by atoms with Crippen molar-refractivity contribution in [2.45, 2.75) is 65.5 Å². The van der Waals surface area contributed by atoms with Crippen LogP contribution in [-0.4, -0.2) is 38.7 Å². The van der Waals surface area contributed by atoms with E-state index in [1.165, 1.54) is 19.3 Å². The summed E-state index contributed by atoms with van der Waals surface area (Å²) >= 11 is 0. The monoisotopic (exact) mass is 400 g/mol. The first kappa shape index (κ1) is 21.1. The summed E-state index contributed by atoms with van der Waals surface area (Å²) in [4.78, 5) is 16.7. The number of hydrogen-bond donors (Lipinski definition) is 2. The lowest BCUT2D eigenvalue weighted by Crippen LogP contribution is -2.37. The number of aryl methyl sites for hydroxylation is 2. The molecule has 8 nitrogen and oxygen atoms in total. The molecule has 2 aromatic heterocycles. The van der Waals surface area contributed by atoms with Crippen LogP contribution >= 0.6 is 0 Å². The molecule has 2 amide bonds. The van der Waals surface area contributed by atoms with Crippen LogP contribution in [0.4, 0.5) is 4.79 Å². The van der Waals surface area contributed by atoms with Crippen LogP contribution < -0.4 is 15.4 Å². The molecule has 1 aliphatic rings. The first-order valence-electron chi connectivity index (χ1n) is 10.5. The van der Waals surface area contributed by atoms with Crippen molar-refractivity contribution in [1.29, 1.82) is 0 Å². The number of aromatic nitrogens is 4. The fraction of sp³-hybridized carbons (Fsp3) is 0.619. The molecular weight excluding hydrogens is 368 g/mol. The van der Waals surface area contributed by atoms with Crippen LogP contribution in [0.3, 0.4) is 0 Å². The third-order valence-electron chi connectivity index (χ3n) is 5.16. The number of rotatable bonds is 7. The molecule has 0 bridgehead atoms. The minimum Gasteiger partial charge on any atom is -0.489 e. The molecule has 1 fully saturated rings. The SMILES string of the molecule is Cc1nc(-c2nnn(C)c2CNC(=O)NCC(C)C)ccc1OC1CCCCC1. The maximum atomic E-state index is 12.0. The summed E-state index contributed by atoms with van der Waals surface area (Å²) in [5, 5.41) is 14.1. The number of nitrogens with zero attached hydrogens (tertiary/aromatic N) is 4. The van der Waals surface area contributed by atoms with Crippen LogP contribution in [0.25, 0.3) is 11.4 Å². The molecule has 0 spiro atoms. The van der Waals surface area contributed by atoms with Crippen LogP contribution in [0.15, 0.2) is 12.1 Å². The van der Waals surface area contributed by atoms with Gasteiger partial charge in [0.2, 0.25) is 0 Å². The first-order chi connectivity index (χ1) is 13.9. The minimum atomic E-state index is -0.203.